The SMILES string of the molecule is CC1(C)C(CNC(=O)c2cc(Cl)ccn2)C1(C)C. The lowest BCUT2D eigenvalue weighted by Gasteiger charge is -2.06. The third-order valence-electron chi connectivity index (χ3n) is 4.74. The Morgan fingerprint density at radius 1 is 1.39 bits per heavy atom. The number of carbonyl (C=O) groups excluding carboxylic acids is 1. The van der Waals surface area contributed by atoms with Crippen molar-refractivity contribution in [1.82, 2.24) is 10.3 Å². The molecule has 98 valence electrons. The number of rotatable bonds is 3. The van der Waals surface area contributed by atoms with Crippen LogP contribution >= 0.6 is 11.6 Å². The summed E-state index contributed by atoms with van der Waals surface area (Å²) in [4.78, 5) is 15.9. The van der Waals surface area contributed by atoms with E-state index in [1.54, 1.807) is 18.3 Å². The van der Waals surface area contributed by atoms with Gasteiger partial charge >= 0.3 is 0 Å². The van der Waals surface area contributed by atoms with Gasteiger partial charge in [-0.2, -0.15) is 0 Å². The van der Waals surface area contributed by atoms with Gasteiger partial charge in [0.05, 0.1) is 0 Å². The molecule has 1 aromatic heterocycles. The molecule has 1 aromatic rings. The number of nitrogens with one attached hydrogen (secondary N) is 1. The Labute approximate surface area is 113 Å². The molecule has 0 unspecified atom stereocenters. The molecule has 1 aliphatic rings. The van der Waals surface area contributed by atoms with Crippen LogP contribution in [-0.2, 0) is 0 Å². The Morgan fingerprint density at radius 2 is 2.00 bits per heavy atom. The molecular weight excluding hydrogens is 248 g/mol. The monoisotopic (exact) mass is 266 g/mol. The third kappa shape index (κ3) is 2.12. The van der Waals surface area contributed by atoms with Crippen LogP contribution in [0, 0.1) is 16.7 Å². The average Bonchev–Trinajstić information content (AvgIpc) is 2.66. The van der Waals surface area contributed by atoms with Crippen LogP contribution in [0.5, 0.6) is 0 Å². The van der Waals surface area contributed by atoms with Gasteiger partial charge in [0.25, 0.3) is 5.91 Å². The summed E-state index contributed by atoms with van der Waals surface area (Å²) in [6, 6.07) is 3.24. The van der Waals surface area contributed by atoms with E-state index in [2.05, 4.69) is 38.0 Å². The summed E-state index contributed by atoms with van der Waals surface area (Å²) in [5, 5.41) is 3.47. The summed E-state index contributed by atoms with van der Waals surface area (Å²) in [6.45, 7) is 9.64. The number of hydrogen-bond acceptors (Lipinski definition) is 2. The Balaban J connectivity index is 1.95. The van der Waals surface area contributed by atoms with Gasteiger partial charge in [-0.25, -0.2) is 0 Å². The van der Waals surface area contributed by atoms with Crippen LogP contribution in [-0.4, -0.2) is 17.4 Å². The number of carbonyl (C=O) groups is 1. The summed E-state index contributed by atoms with van der Waals surface area (Å²) in [6.07, 6.45) is 1.54. The third-order valence-corrected chi connectivity index (χ3v) is 4.98. The highest BCUT2D eigenvalue weighted by Gasteiger charge is 2.64. The van der Waals surface area contributed by atoms with Crippen LogP contribution in [0.25, 0.3) is 0 Å². The zero-order valence-corrected chi connectivity index (χ0v) is 12.0. The first kappa shape index (κ1) is 13.3. The maximum atomic E-state index is 11.9. The predicted octanol–water partition coefficient (Wildman–Crippen LogP) is 3.15. The van der Waals surface area contributed by atoms with Crippen LogP contribution in [0.1, 0.15) is 38.2 Å². The lowest BCUT2D eigenvalue weighted by molar-refractivity contribution is 0.0945. The number of pyridine rings is 1. The topological polar surface area (TPSA) is 42.0 Å². The molecule has 0 aliphatic heterocycles. The van der Waals surface area contributed by atoms with Crippen LogP contribution in [0.4, 0.5) is 0 Å². The minimum absolute atomic E-state index is 0.156. The van der Waals surface area contributed by atoms with E-state index in [9.17, 15) is 4.79 Å². The smallest absolute Gasteiger partial charge is 0.269 e. The van der Waals surface area contributed by atoms with E-state index in [1.165, 1.54) is 0 Å². The van der Waals surface area contributed by atoms with Crippen molar-refractivity contribution in [2.75, 3.05) is 6.54 Å². The number of halogens is 1. The summed E-state index contributed by atoms with van der Waals surface area (Å²) in [5.74, 6) is 0.351. The number of amides is 1. The second kappa shape index (κ2) is 4.23. The van der Waals surface area contributed by atoms with Crippen molar-refractivity contribution < 1.29 is 4.79 Å². The molecule has 0 radical (unpaired) electrons. The maximum Gasteiger partial charge on any atom is 0.269 e. The highest BCUT2D eigenvalue weighted by Crippen LogP contribution is 2.67. The largest absolute Gasteiger partial charge is 0.350 e. The summed E-state index contributed by atoms with van der Waals surface area (Å²) >= 11 is 5.83. The van der Waals surface area contributed by atoms with E-state index in [1.807, 2.05) is 0 Å². The minimum atomic E-state index is -0.156. The Bertz CT molecular complexity index is 468. The molecule has 0 atom stereocenters. The molecule has 1 heterocycles. The van der Waals surface area contributed by atoms with Crippen molar-refractivity contribution in [2.24, 2.45) is 16.7 Å². The number of hydrogen-bond donors (Lipinski definition) is 1. The fourth-order valence-corrected chi connectivity index (χ4v) is 2.82. The van der Waals surface area contributed by atoms with Gasteiger partial charge in [-0.15, -0.1) is 0 Å². The van der Waals surface area contributed by atoms with Gasteiger partial charge in [-0.1, -0.05) is 39.3 Å². The Morgan fingerprint density at radius 3 is 2.50 bits per heavy atom. The van der Waals surface area contributed by atoms with E-state index in [-0.39, 0.29) is 16.7 Å². The van der Waals surface area contributed by atoms with Crippen molar-refractivity contribution in [3.05, 3.63) is 29.0 Å². The first-order valence-electron chi connectivity index (χ1n) is 6.16. The molecule has 0 spiro atoms. The Hall–Kier alpha value is -1.09. The Kier molecular flexibility index (Phi) is 3.14. The van der Waals surface area contributed by atoms with Crippen LogP contribution in [0.3, 0.4) is 0 Å². The fourth-order valence-electron chi connectivity index (χ4n) is 2.66. The van der Waals surface area contributed by atoms with Gasteiger partial charge < -0.3 is 5.32 Å². The standard InChI is InChI=1S/C14H19ClN2O/c1-13(2)11(14(13,3)4)8-17-12(18)10-7-9(15)5-6-16-10/h5-7,11H,8H2,1-4H3,(H,17,18). The van der Waals surface area contributed by atoms with Crippen LogP contribution in [0.2, 0.25) is 5.02 Å². The lowest BCUT2D eigenvalue weighted by atomic mass is 10.0. The van der Waals surface area contributed by atoms with Crippen molar-refractivity contribution in [1.29, 1.82) is 0 Å². The van der Waals surface area contributed by atoms with Crippen molar-refractivity contribution in [3.63, 3.8) is 0 Å². The highest BCUT2D eigenvalue weighted by atomic mass is 35.5. The molecule has 2 rings (SSSR count). The maximum absolute atomic E-state index is 11.9. The lowest BCUT2D eigenvalue weighted by Crippen LogP contribution is -2.27. The molecule has 1 N–H and O–H groups in total. The summed E-state index contributed by atoms with van der Waals surface area (Å²) in [5.41, 5.74) is 0.933. The van der Waals surface area contributed by atoms with Crippen LogP contribution in [0.15, 0.2) is 18.3 Å². The predicted molar refractivity (Wildman–Crippen MR) is 72.6 cm³/mol. The van der Waals surface area contributed by atoms with Crippen molar-refractivity contribution >= 4 is 17.5 Å². The van der Waals surface area contributed by atoms with E-state index >= 15 is 0 Å². The number of nitrogens with zero attached hydrogens (tertiary/aromatic N) is 1. The average molecular weight is 267 g/mol. The van der Waals surface area contributed by atoms with Crippen molar-refractivity contribution in [2.45, 2.75) is 27.7 Å². The quantitative estimate of drug-likeness (QED) is 0.913. The van der Waals surface area contributed by atoms with Crippen LogP contribution < -0.4 is 5.32 Å². The van der Waals surface area contributed by atoms with Gasteiger partial charge in [0.2, 0.25) is 0 Å². The molecule has 3 nitrogen and oxygen atoms in total. The van der Waals surface area contributed by atoms with E-state index in [0.29, 0.717) is 23.2 Å². The highest BCUT2D eigenvalue weighted by molar-refractivity contribution is 6.30. The summed E-state index contributed by atoms with van der Waals surface area (Å²) < 4.78 is 0. The molecule has 18 heavy (non-hydrogen) atoms. The van der Waals surface area contributed by atoms with E-state index in [0.717, 1.165) is 0 Å². The molecule has 1 fully saturated rings. The number of aromatic nitrogens is 1. The van der Waals surface area contributed by atoms with Crippen molar-refractivity contribution in [3.8, 4) is 0 Å². The molecule has 1 saturated carbocycles. The first-order chi connectivity index (χ1) is 8.26. The minimum Gasteiger partial charge on any atom is -0.350 e. The molecule has 1 amide bonds. The first-order valence-corrected chi connectivity index (χ1v) is 6.54. The molecule has 1 aliphatic carbocycles. The zero-order valence-electron chi connectivity index (χ0n) is 11.2. The van der Waals surface area contributed by atoms with E-state index in [4.69, 9.17) is 11.6 Å². The zero-order chi connectivity index (χ0) is 13.6. The second-order valence-corrected chi connectivity index (χ2v) is 6.50. The normalized spacial score (nSPS) is 20.5. The van der Waals surface area contributed by atoms with Gasteiger partial charge in [0.1, 0.15) is 5.69 Å². The molecule has 0 aromatic carbocycles. The van der Waals surface area contributed by atoms with Gasteiger partial charge in [-0.05, 0) is 28.9 Å². The molecule has 0 saturated heterocycles. The fraction of sp³-hybridized carbons (Fsp3) is 0.571. The molecular formula is C14H19ClN2O. The van der Waals surface area contributed by atoms with Gasteiger partial charge in [0.15, 0.2) is 0 Å². The molecule has 4 heteroatoms. The van der Waals surface area contributed by atoms with Gasteiger partial charge in [-0.3, -0.25) is 9.78 Å². The molecule has 0 bridgehead atoms. The summed E-state index contributed by atoms with van der Waals surface area (Å²) in [7, 11) is 0. The van der Waals surface area contributed by atoms with Gasteiger partial charge in [0, 0.05) is 17.8 Å². The van der Waals surface area contributed by atoms with E-state index < -0.39 is 0 Å². The second-order valence-electron chi connectivity index (χ2n) is 6.07.